The van der Waals surface area contributed by atoms with E-state index in [9.17, 15) is 0 Å². The molecule has 0 bridgehead atoms. The van der Waals surface area contributed by atoms with Crippen LogP contribution >= 0.6 is 11.8 Å². The van der Waals surface area contributed by atoms with Crippen molar-refractivity contribution in [3.8, 4) is 5.75 Å². The van der Waals surface area contributed by atoms with Crippen LogP contribution < -0.4 is 4.74 Å². The van der Waals surface area contributed by atoms with Crippen LogP contribution in [0, 0.1) is 20.8 Å². The second-order valence-electron chi connectivity index (χ2n) is 5.88. The molecule has 0 unspecified atom stereocenters. The summed E-state index contributed by atoms with van der Waals surface area (Å²) in [6.45, 7) is 11.2. The van der Waals surface area contributed by atoms with Crippen molar-refractivity contribution in [3.63, 3.8) is 0 Å². The van der Waals surface area contributed by atoms with E-state index in [1.807, 2.05) is 25.6 Å². The van der Waals surface area contributed by atoms with Crippen LogP contribution in [-0.2, 0) is 5.75 Å². The Balaban J connectivity index is 1.76. The van der Waals surface area contributed by atoms with Gasteiger partial charge in [-0.1, -0.05) is 25.1 Å². The van der Waals surface area contributed by atoms with Gasteiger partial charge in [0, 0.05) is 17.1 Å². The van der Waals surface area contributed by atoms with Crippen LogP contribution in [0.25, 0.3) is 0 Å². The van der Waals surface area contributed by atoms with Crippen molar-refractivity contribution in [2.75, 3.05) is 12.4 Å². The molecule has 0 radical (unpaired) electrons. The Bertz CT molecular complexity index is 600. The molecule has 0 atom stereocenters. The smallest absolute Gasteiger partial charge is 0.137 e. The summed E-state index contributed by atoms with van der Waals surface area (Å²) in [5.41, 5.74) is 4.89. The van der Waals surface area contributed by atoms with Crippen molar-refractivity contribution in [1.29, 1.82) is 0 Å². The average Bonchev–Trinajstić information content (AvgIpc) is 2.78. The van der Waals surface area contributed by atoms with Crippen LogP contribution in [0.3, 0.4) is 0 Å². The van der Waals surface area contributed by atoms with Crippen molar-refractivity contribution in [2.24, 2.45) is 0 Å². The minimum atomic E-state index is 0.555. The highest BCUT2D eigenvalue weighted by atomic mass is 32.2. The van der Waals surface area contributed by atoms with Gasteiger partial charge in [-0.05, 0) is 49.9 Å². The molecule has 0 saturated carbocycles. The molecule has 1 heterocycles. The maximum atomic E-state index is 5.84. The topological polar surface area (TPSA) is 35.3 Å². The van der Waals surface area contributed by atoms with Gasteiger partial charge in [-0.3, -0.25) is 0 Å². The van der Waals surface area contributed by atoms with Gasteiger partial charge in [-0.25, -0.2) is 0 Å². The highest BCUT2D eigenvalue weighted by molar-refractivity contribution is 7.98. The fourth-order valence-corrected chi connectivity index (χ4v) is 3.45. The second kappa shape index (κ2) is 7.73. The van der Waals surface area contributed by atoms with E-state index in [1.54, 1.807) is 0 Å². The largest absolute Gasteiger partial charge is 0.493 e. The van der Waals surface area contributed by atoms with Gasteiger partial charge in [0.25, 0.3) is 0 Å². The lowest BCUT2D eigenvalue weighted by atomic mass is 9.98. The van der Waals surface area contributed by atoms with Gasteiger partial charge in [-0.2, -0.15) is 11.8 Å². The lowest BCUT2D eigenvalue weighted by Gasteiger charge is -2.12. The molecule has 2 rings (SSSR count). The lowest BCUT2D eigenvalue weighted by Crippen LogP contribution is -2.02. The minimum Gasteiger partial charge on any atom is -0.493 e. The number of thioether (sulfide) groups is 1. The normalized spacial score (nSPS) is 11.2. The first-order chi connectivity index (χ1) is 10.5. The van der Waals surface area contributed by atoms with Crippen LogP contribution in [0.2, 0.25) is 0 Å². The zero-order chi connectivity index (χ0) is 16.1. The number of aromatic nitrogens is 1. The Kier molecular flexibility index (Phi) is 5.95. The first-order valence-electron chi connectivity index (χ1n) is 7.72. The Hall–Kier alpha value is -1.42. The van der Waals surface area contributed by atoms with E-state index in [4.69, 9.17) is 9.26 Å². The summed E-state index contributed by atoms with van der Waals surface area (Å²) in [6, 6.07) is 6.38. The van der Waals surface area contributed by atoms with E-state index < -0.39 is 0 Å². The quantitative estimate of drug-likeness (QED) is 0.670. The lowest BCUT2D eigenvalue weighted by molar-refractivity contribution is 0.343. The van der Waals surface area contributed by atoms with Crippen LogP contribution in [0.1, 0.15) is 47.9 Å². The van der Waals surface area contributed by atoms with Crippen molar-refractivity contribution < 1.29 is 9.26 Å². The van der Waals surface area contributed by atoms with Crippen LogP contribution in [0.4, 0.5) is 0 Å². The molecule has 1 aromatic heterocycles. The Labute approximate surface area is 137 Å². The molecule has 0 fully saturated rings. The third kappa shape index (κ3) is 4.29. The van der Waals surface area contributed by atoms with Crippen molar-refractivity contribution in [1.82, 2.24) is 5.16 Å². The molecule has 0 aliphatic heterocycles. The number of aryl methyl sites for hydroxylation is 3. The molecule has 4 heteroatoms. The first kappa shape index (κ1) is 16.9. The van der Waals surface area contributed by atoms with Crippen LogP contribution in [-0.4, -0.2) is 17.5 Å². The standard InChI is InChI=1S/C18H25NO2S/c1-12(2)17-7-6-16(10-13(17)3)20-8-9-22-11-18-14(4)19-21-15(18)5/h6-7,10,12H,8-9,11H2,1-5H3. The minimum absolute atomic E-state index is 0.555. The number of rotatable bonds is 7. The maximum Gasteiger partial charge on any atom is 0.137 e. The van der Waals surface area contributed by atoms with Gasteiger partial charge in [-0.15, -0.1) is 0 Å². The molecule has 0 spiro atoms. The summed E-state index contributed by atoms with van der Waals surface area (Å²) in [7, 11) is 0. The molecule has 0 saturated heterocycles. The molecule has 0 aliphatic carbocycles. The molecule has 22 heavy (non-hydrogen) atoms. The highest BCUT2D eigenvalue weighted by Gasteiger charge is 2.08. The van der Waals surface area contributed by atoms with E-state index in [0.717, 1.165) is 28.7 Å². The van der Waals surface area contributed by atoms with Crippen molar-refractivity contribution in [2.45, 2.75) is 46.3 Å². The van der Waals surface area contributed by atoms with Gasteiger partial charge in [0.2, 0.25) is 0 Å². The number of nitrogens with zero attached hydrogens (tertiary/aromatic N) is 1. The molecular weight excluding hydrogens is 294 g/mol. The average molecular weight is 319 g/mol. The first-order valence-corrected chi connectivity index (χ1v) is 8.87. The summed E-state index contributed by atoms with van der Waals surface area (Å²) in [4.78, 5) is 0. The molecule has 0 aliphatic rings. The van der Waals surface area contributed by atoms with E-state index in [1.165, 1.54) is 16.7 Å². The Morgan fingerprint density at radius 3 is 2.59 bits per heavy atom. The molecule has 1 aromatic carbocycles. The zero-order valence-corrected chi connectivity index (χ0v) is 14.9. The van der Waals surface area contributed by atoms with E-state index in [-0.39, 0.29) is 0 Å². The molecule has 0 N–H and O–H groups in total. The maximum absolute atomic E-state index is 5.84. The fraction of sp³-hybridized carbons (Fsp3) is 0.500. The third-order valence-electron chi connectivity index (χ3n) is 3.79. The summed E-state index contributed by atoms with van der Waals surface area (Å²) in [5.74, 6) is 4.32. The predicted octanol–water partition coefficient (Wildman–Crippen LogP) is 5.04. The van der Waals surface area contributed by atoms with Gasteiger partial charge < -0.3 is 9.26 Å². The monoisotopic (exact) mass is 319 g/mol. The predicted molar refractivity (Wildman–Crippen MR) is 92.9 cm³/mol. The van der Waals surface area contributed by atoms with E-state index in [2.05, 4.69) is 44.1 Å². The van der Waals surface area contributed by atoms with Gasteiger partial charge in [0.1, 0.15) is 11.5 Å². The third-order valence-corrected chi connectivity index (χ3v) is 4.74. The van der Waals surface area contributed by atoms with E-state index in [0.29, 0.717) is 12.5 Å². The number of ether oxygens (including phenoxy) is 1. The molecule has 120 valence electrons. The SMILES string of the molecule is Cc1cc(OCCSCc2c(C)noc2C)ccc1C(C)C. The number of benzene rings is 1. The number of hydrogen-bond acceptors (Lipinski definition) is 4. The Morgan fingerprint density at radius 1 is 1.23 bits per heavy atom. The van der Waals surface area contributed by atoms with Gasteiger partial charge in [0.15, 0.2) is 0 Å². The van der Waals surface area contributed by atoms with E-state index >= 15 is 0 Å². The van der Waals surface area contributed by atoms with Crippen LogP contribution in [0.5, 0.6) is 5.75 Å². The van der Waals surface area contributed by atoms with Gasteiger partial charge in [0.05, 0.1) is 12.3 Å². The molecule has 3 nitrogen and oxygen atoms in total. The summed E-state index contributed by atoms with van der Waals surface area (Å²) in [6.07, 6.45) is 0. The summed E-state index contributed by atoms with van der Waals surface area (Å²) < 4.78 is 11.0. The Morgan fingerprint density at radius 2 is 2.00 bits per heavy atom. The fourth-order valence-electron chi connectivity index (χ4n) is 2.49. The molecular formula is C18H25NO2S. The number of hydrogen-bond donors (Lipinski definition) is 0. The summed E-state index contributed by atoms with van der Waals surface area (Å²) in [5, 5.41) is 3.98. The van der Waals surface area contributed by atoms with Crippen molar-refractivity contribution in [3.05, 3.63) is 46.3 Å². The highest BCUT2D eigenvalue weighted by Crippen LogP contribution is 2.24. The van der Waals surface area contributed by atoms with Crippen molar-refractivity contribution >= 4 is 11.8 Å². The summed E-state index contributed by atoms with van der Waals surface area (Å²) >= 11 is 1.85. The molecule has 2 aromatic rings. The zero-order valence-electron chi connectivity index (χ0n) is 14.1. The van der Waals surface area contributed by atoms with Crippen LogP contribution in [0.15, 0.2) is 22.7 Å². The molecule has 0 amide bonds. The second-order valence-corrected chi connectivity index (χ2v) is 6.98. The van der Waals surface area contributed by atoms with Gasteiger partial charge >= 0.3 is 0 Å².